The molecule has 0 spiro atoms. The number of aliphatic hydroxyl groups is 9. The lowest BCUT2D eigenvalue weighted by atomic mass is 9.95. The van der Waals surface area contributed by atoms with Crippen LogP contribution < -0.4 is 5.32 Å². The lowest BCUT2D eigenvalue weighted by molar-refractivity contribution is -0.380. The molecule has 10 N–H and O–H groups in total. The maximum Gasteiger partial charge on any atom is 0.217 e. The fourth-order valence-electron chi connectivity index (χ4n) is 4.38. The first-order chi connectivity index (χ1) is 16.9. The van der Waals surface area contributed by atoms with Gasteiger partial charge in [-0.05, 0) is 6.92 Å². The van der Waals surface area contributed by atoms with Crippen LogP contribution in [0, 0.1) is 0 Å². The van der Waals surface area contributed by atoms with Crippen LogP contribution in [0.25, 0.3) is 0 Å². The molecule has 3 aliphatic heterocycles. The van der Waals surface area contributed by atoms with Crippen LogP contribution in [0.4, 0.5) is 0 Å². The first kappa shape index (κ1) is 29.5. The summed E-state index contributed by atoms with van der Waals surface area (Å²) < 4.78 is 27.4. The van der Waals surface area contributed by atoms with Crippen molar-refractivity contribution in [3.63, 3.8) is 0 Å². The molecule has 3 aliphatic rings. The standard InChI is InChI=1S/C20H35NO15/c1-5-10(25)14(29)15(30)20(32-5)36-17-16(12(27)8(4-23)33-18(17)31)35-19-9(21-6(2)24)13(28)11(26)7(3-22)34-19/h5,7-20,22-23,25-31H,3-4H2,1-2H3,(H,21,24)/t5-,7+,8+,9+,10+,11-,12-,13+,14+,15-,16-,17+,18?,19-,20-/m0/s1. The first-order valence-corrected chi connectivity index (χ1v) is 11.4. The zero-order chi connectivity index (χ0) is 26.9. The quantitative estimate of drug-likeness (QED) is 0.147. The number of aliphatic hydroxyl groups excluding tert-OH is 9. The fraction of sp³-hybridized carbons (Fsp3) is 0.950. The lowest BCUT2D eigenvalue weighted by Gasteiger charge is -2.48. The highest BCUT2D eigenvalue weighted by molar-refractivity contribution is 5.73. The second-order valence-corrected chi connectivity index (χ2v) is 9.05. The van der Waals surface area contributed by atoms with Crippen LogP contribution in [-0.2, 0) is 28.5 Å². The van der Waals surface area contributed by atoms with Gasteiger partial charge in [-0.2, -0.15) is 0 Å². The summed E-state index contributed by atoms with van der Waals surface area (Å²) in [7, 11) is 0. The number of nitrogens with one attached hydrogen (secondary N) is 1. The molecule has 16 heteroatoms. The van der Waals surface area contributed by atoms with Crippen molar-refractivity contribution in [3.8, 4) is 0 Å². The molecule has 0 bridgehead atoms. The third-order valence-electron chi connectivity index (χ3n) is 6.46. The molecule has 3 saturated heterocycles. The van der Waals surface area contributed by atoms with Crippen molar-refractivity contribution in [2.75, 3.05) is 13.2 Å². The number of rotatable bonds is 7. The van der Waals surface area contributed by atoms with Crippen LogP contribution in [0.5, 0.6) is 0 Å². The zero-order valence-corrected chi connectivity index (χ0v) is 19.5. The van der Waals surface area contributed by atoms with Crippen molar-refractivity contribution in [3.05, 3.63) is 0 Å². The Morgan fingerprint density at radius 2 is 1.31 bits per heavy atom. The Kier molecular flexibility index (Phi) is 9.97. The monoisotopic (exact) mass is 529 g/mol. The Hall–Kier alpha value is -1.09. The molecule has 0 aliphatic carbocycles. The minimum atomic E-state index is -1.89. The van der Waals surface area contributed by atoms with E-state index in [1.165, 1.54) is 6.92 Å². The maximum absolute atomic E-state index is 11.7. The smallest absolute Gasteiger partial charge is 0.217 e. The SMILES string of the molecule is CC(=O)N[C@H]1[C@H](O[C@H]2[C@@H](O)[C@@H](CO)OC(O)[C@@H]2O[C@@H]2O[C@@H](C)[C@@H](O)[C@@H](O)[C@@H]2O)O[C@H](CO)[C@H](O)[C@@H]1O. The van der Waals surface area contributed by atoms with Crippen molar-refractivity contribution in [1.82, 2.24) is 5.32 Å². The van der Waals surface area contributed by atoms with E-state index in [1.54, 1.807) is 0 Å². The van der Waals surface area contributed by atoms with E-state index in [2.05, 4.69) is 5.32 Å². The number of carbonyl (C=O) groups is 1. The number of carbonyl (C=O) groups excluding carboxylic acids is 1. The fourth-order valence-corrected chi connectivity index (χ4v) is 4.38. The van der Waals surface area contributed by atoms with E-state index in [4.69, 9.17) is 23.7 Å². The van der Waals surface area contributed by atoms with E-state index < -0.39 is 111 Å². The van der Waals surface area contributed by atoms with Crippen LogP contribution in [0.15, 0.2) is 0 Å². The maximum atomic E-state index is 11.7. The predicted octanol–water partition coefficient (Wildman–Crippen LogP) is -6.40. The zero-order valence-electron chi connectivity index (χ0n) is 19.5. The van der Waals surface area contributed by atoms with Gasteiger partial charge in [0, 0.05) is 6.92 Å². The van der Waals surface area contributed by atoms with Gasteiger partial charge in [-0.1, -0.05) is 0 Å². The molecule has 0 aromatic carbocycles. The molecule has 3 fully saturated rings. The van der Waals surface area contributed by atoms with E-state index in [9.17, 15) is 50.8 Å². The van der Waals surface area contributed by atoms with E-state index in [1.807, 2.05) is 0 Å². The topological polar surface area (TPSA) is 257 Å². The average Bonchev–Trinajstić information content (AvgIpc) is 2.84. The molecular formula is C20H35NO15. The second-order valence-electron chi connectivity index (χ2n) is 9.05. The van der Waals surface area contributed by atoms with Gasteiger partial charge in [-0.25, -0.2) is 0 Å². The molecule has 16 nitrogen and oxygen atoms in total. The van der Waals surface area contributed by atoms with E-state index in [0.29, 0.717) is 0 Å². The third kappa shape index (κ3) is 5.97. The molecule has 0 radical (unpaired) electrons. The minimum absolute atomic E-state index is 0.639. The van der Waals surface area contributed by atoms with Crippen LogP contribution in [0.3, 0.4) is 0 Å². The van der Waals surface area contributed by atoms with Gasteiger partial charge in [-0.3, -0.25) is 4.79 Å². The molecule has 210 valence electrons. The molecule has 3 heterocycles. The molecule has 0 aromatic heterocycles. The first-order valence-electron chi connectivity index (χ1n) is 11.4. The third-order valence-corrected chi connectivity index (χ3v) is 6.46. The Morgan fingerprint density at radius 1 is 0.722 bits per heavy atom. The van der Waals surface area contributed by atoms with Crippen molar-refractivity contribution in [2.24, 2.45) is 0 Å². The highest BCUT2D eigenvalue weighted by Gasteiger charge is 2.53. The van der Waals surface area contributed by atoms with Crippen LogP contribution in [0.2, 0.25) is 0 Å². The summed E-state index contributed by atoms with van der Waals surface area (Å²) >= 11 is 0. The van der Waals surface area contributed by atoms with Crippen LogP contribution in [0.1, 0.15) is 13.8 Å². The normalized spacial score (nSPS) is 50.0. The van der Waals surface area contributed by atoms with Gasteiger partial charge in [-0.15, -0.1) is 0 Å². The minimum Gasteiger partial charge on any atom is -0.394 e. The van der Waals surface area contributed by atoms with E-state index in [0.717, 1.165) is 6.92 Å². The lowest BCUT2D eigenvalue weighted by Crippen LogP contribution is -2.68. The van der Waals surface area contributed by atoms with E-state index >= 15 is 0 Å². The van der Waals surface area contributed by atoms with Gasteiger partial charge in [0.1, 0.15) is 67.1 Å². The number of hydrogen-bond donors (Lipinski definition) is 10. The van der Waals surface area contributed by atoms with Crippen LogP contribution in [-0.4, -0.2) is 157 Å². The summed E-state index contributed by atoms with van der Waals surface area (Å²) in [5, 5.41) is 93.7. The van der Waals surface area contributed by atoms with Gasteiger partial charge in [0.2, 0.25) is 5.91 Å². The summed E-state index contributed by atoms with van der Waals surface area (Å²) in [6.07, 6.45) is -22.1. The van der Waals surface area contributed by atoms with Gasteiger partial charge in [0.05, 0.1) is 19.3 Å². The van der Waals surface area contributed by atoms with Crippen molar-refractivity contribution in [2.45, 2.75) is 106 Å². The molecule has 0 saturated carbocycles. The number of hydrogen-bond acceptors (Lipinski definition) is 15. The molecular weight excluding hydrogens is 494 g/mol. The second kappa shape index (κ2) is 12.2. The molecule has 1 amide bonds. The Balaban J connectivity index is 1.88. The van der Waals surface area contributed by atoms with Crippen molar-refractivity contribution >= 4 is 5.91 Å². The number of amides is 1. The summed E-state index contributed by atoms with van der Waals surface area (Å²) in [4.78, 5) is 11.7. The molecule has 0 aromatic rings. The Labute approximate surface area is 205 Å². The summed E-state index contributed by atoms with van der Waals surface area (Å²) in [6, 6.07) is -1.41. The van der Waals surface area contributed by atoms with Crippen LogP contribution >= 0.6 is 0 Å². The van der Waals surface area contributed by atoms with Gasteiger partial charge in [0.15, 0.2) is 18.9 Å². The highest BCUT2D eigenvalue weighted by Crippen LogP contribution is 2.32. The van der Waals surface area contributed by atoms with Crippen molar-refractivity contribution < 1.29 is 74.4 Å². The van der Waals surface area contributed by atoms with E-state index in [-0.39, 0.29) is 0 Å². The molecule has 3 rings (SSSR count). The van der Waals surface area contributed by atoms with Crippen molar-refractivity contribution in [1.29, 1.82) is 0 Å². The number of ether oxygens (including phenoxy) is 5. The Bertz CT molecular complexity index is 731. The predicted molar refractivity (Wildman–Crippen MR) is 111 cm³/mol. The highest BCUT2D eigenvalue weighted by atomic mass is 16.8. The Morgan fingerprint density at radius 3 is 1.89 bits per heavy atom. The summed E-state index contributed by atoms with van der Waals surface area (Å²) in [6.45, 7) is 1.00. The van der Waals surface area contributed by atoms with Gasteiger partial charge >= 0.3 is 0 Å². The molecule has 15 atom stereocenters. The largest absolute Gasteiger partial charge is 0.394 e. The summed E-state index contributed by atoms with van der Waals surface area (Å²) in [5.74, 6) is -0.639. The summed E-state index contributed by atoms with van der Waals surface area (Å²) in [5.41, 5.74) is 0. The molecule has 1 unspecified atom stereocenters. The van der Waals surface area contributed by atoms with Gasteiger partial charge in [0.25, 0.3) is 0 Å². The average molecular weight is 529 g/mol. The molecule has 36 heavy (non-hydrogen) atoms. The van der Waals surface area contributed by atoms with Gasteiger partial charge < -0.3 is 75.0 Å².